The van der Waals surface area contributed by atoms with Crippen LogP contribution in [0.15, 0.2) is 0 Å². The van der Waals surface area contributed by atoms with Crippen molar-refractivity contribution < 1.29 is 8.42 Å². The zero-order valence-electron chi connectivity index (χ0n) is 7.37. The summed E-state index contributed by atoms with van der Waals surface area (Å²) >= 11 is 0. The summed E-state index contributed by atoms with van der Waals surface area (Å²) in [5.74, 6) is 0.533. The second kappa shape index (κ2) is 4.07. The van der Waals surface area contributed by atoms with Crippen molar-refractivity contribution in [3.05, 3.63) is 0 Å². The third kappa shape index (κ3) is 4.37. The molecule has 0 bridgehead atoms. The topological polar surface area (TPSA) is 60.2 Å². The molecule has 4 heteroatoms. The first-order valence-electron chi connectivity index (χ1n) is 3.85. The molecule has 0 heterocycles. The predicted octanol–water partition coefficient (Wildman–Crippen LogP) is 0.404. The predicted molar refractivity (Wildman–Crippen MR) is 47.1 cm³/mol. The minimum absolute atomic E-state index is 0.112. The van der Waals surface area contributed by atoms with Gasteiger partial charge in [0.25, 0.3) is 0 Å². The van der Waals surface area contributed by atoms with Gasteiger partial charge in [-0.1, -0.05) is 20.8 Å². The van der Waals surface area contributed by atoms with Crippen molar-refractivity contribution >= 4 is 9.84 Å². The maximum atomic E-state index is 11.0. The Labute approximate surface area is 68.9 Å². The van der Waals surface area contributed by atoms with Gasteiger partial charge in [-0.25, -0.2) is 8.42 Å². The summed E-state index contributed by atoms with van der Waals surface area (Å²) in [6.45, 7) is 5.49. The van der Waals surface area contributed by atoms with E-state index in [9.17, 15) is 8.42 Å². The third-order valence-electron chi connectivity index (χ3n) is 1.74. The normalized spacial score (nSPS) is 15.4. The largest absolute Gasteiger partial charge is 0.327 e. The number of rotatable bonds is 4. The maximum absolute atomic E-state index is 11.0. The van der Waals surface area contributed by atoms with Crippen LogP contribution in [0, 0.1) is 5.92 Å². The molecule has 0 rings (SSSR count). The van der Waals surface area contributed by atoms with Crippen molar-refractivity contribution in [3.63, 3.8) is 0 Å². The van der Waals surface area contributed by atoms with Crippen molar-refractivity contribution in [1.29, 1.82) is 0 Å². The van der Waals surface area contributed by atoms with Gasteiger partial charge in [0.15, 0.2) is 9.84 Å². The van der Waals surface area contributed by atoms with E-state index in [-0.39, 0.29) is 23.5 Å². The van der Waals surface area contributed by atoms with Gasteiger partial charge in [-0.15, -0.1) is 0 Å². The van der Waals surface area contributed by atoms with E-state index in [0.29, 0.717) is 0 Å². The Morgan fingerprint density at radius 2 is 1.82 bits per heavy atom. The highest BCUT2D eigenvalue weighted by Gasteiger charge is 2.16. The molecule has 0 saturated heterocycles. The molecular formula is C7H17NO2S. The molecule has 2 N–H and O–H groups in total. The van der Waals surface area contributed by atoms with Gasteiger partial charge >= 0.3 is 0 Å². The quantitative estimate of drug-likeness (QED) is 0.679. The van der Waals surface area contributed by atoms with Gasteiger partial charge in [-0.05, 0) is 5.92 Å². The minimum atomic E-state index is -2.89. The Morgan fingerprint density at radius 1 is 1.36 bits per heavy atom. The smallest absolute Gasteiger partial charge is 0.151 e. The molecule has 0 aliphatic heterocycles. The number of hydrogen-bond donors (Lipinski definition) is 1. The lowest BCUT2D eigenvalue weighted by Crippen LogP contribution is -2.34. The molecule has 0 radical (unpaired) electrons. The van der Waals surface area contributed by atoms with Crippen LogP contribution in [0.25, 0.3) is 0 Å². The summed E-state index contributed by atoms with van der Waals surface area (Å²) in [6.07, 6.45) is 0. The second-order valence-electron chi connectivity index (χ2n) is 3.11. The molecule has 1 unspecified atom stereocenters. The molecule has 0 aromatic rings. The monoisotopic (exact) mass is 179 g/mol. The van der Waals surface area contributed by atoms with Crippen LogP contribution in [0.5, 0.6) is 0 Å². The van der Waals surface area contributed by atoms with E-state index in [1.807, 2.05) is 13.8 Å². The molecule has 1 atom stereocenters. The van der Waals surface area contributed by atoms with Crippen molar-refractivity contribution in [3.8, 4) is 0 Å². The molecular weight excluding hydrogens is 162 g/mol. The minimum Gasteiger partial charge on any atom is -0.327 e. The van der Waals surface area contributed by atoms with Gasteiger partial charge in [0.1, 0.15) is 0 Å². The molecule has 0 amide bonds. The van der Waals surface area contributed by atoms with E-state index in [4.69, 9.17) is 5.73 Å². The van der Waals surface area contributed by atoms with Crippen LogP contribution in [0.2, 0.25) is 0 Å². The lowest BCUT2D eigenvalue weighted by Gasteiger charge is -2.14. The van der Waals surface area contributed by atoms with Crippen LogP contribution in [0.4, 0.5) is 0 Å². The fourth-order valence-electron chi connectivity index (χ4n) is 0.604. The van der Waals surface area contributed by atoms with E-state index < -0.39 is 9.84 Å². The van der Waals surface area contributed by atoms with Crippen LogP contribution in [-0.2, 0) is 9.84 Å². The van der Waals surface area contributed by atoms with E-state index in [2.05, 4.69) is 0 Å². The molecule has 0 fully saturated rings. The molecule has 68 valence electrons. The lowest BCUT2D eigenvalue weighted by atomic mass is 10.1. The summed E-state index contributed by atoms with van der Waals surface area (Å²) in [4.78, 5) is 0. The summed E-state index contributed by atoms with van der Waals surface area (Å²) in [7, 11) is -2.89. The average molecular weight is 179 g/mol. The zero-order chi connectivity index (χ0) is 9.07. The molecule has 0 saturated carbocycles. The highest BCUT2D eigenvalue weighted by Crippen LogP contribution is 2.02. The van der Waals surface area contributed by atoms with Crippen LogP contribution in [0.3, 0.4) is 0 Å². The fourth-order valence-corrected chi connectivity index (χ4v) is 1.81. The second-order valence-corrected chi connectivity index (χ2v) is 5.50. The lowest BCUT2D eigenvalue weighted by molar-refractivity contribution is 0.516. The molecule has 0 spiro atoms. The third-order valence-corrected chi connectivity index (χ3v) is 3.51. The molecule has 0 aromatic carbocycles. The van der Waals surface area contributed by atoms with Gasteiger partial charge in [0, 0.05) is 11.8 Å². The first-order chi connectivity index (χ1) is 4.89. The molecule has 0 aliphatic carbocycles. The maximum Gasteiger partial charge on any atom is 0.151 e. The first-order valence-corrected chi connectivity index (χ1v) is 5.67. The molecule has 3 nitrogen and oxygen atoms in total. The summed E-state index contributed by atoms with van der Waals surface area (Å²) in [5, 5.41) is 0. The number of hydrogen-bond acceptors (Lipinski definition) is 3. The van der Waals surface area contributed by atoms with E-state index in [1.165, 1.54) is 0 Å². The standard InChI is InChI=1S/C7H17NO2S/c1-4-11(9,10)5-7(8)6(2)3/h6-7H,4-5,8H2,1-3H3. The fraction of sp³-hybridized carbons (Fsp3) is 1.00. The van der Waals surface area contributed by atoms with Gasteiger partial charge < -0.3 is 5.73 Å². The Bertz CT molecular complexity index is 196. The van der Waals surface area contributed by atoms with E-state index >= 15 is 0 Å². The Kier molecular flexibility index (Phi) is 4.03. The van der Waals surface area contributed by atoms with Gasteiger partial charge in [0.2, 0.25) is 0 Å². The van der Waals surface area contributed by atoms with Crippen molar-refractivity contribution in [1.82, 2.24) is 0 Å². The van der Waals surface area contributed by atoms with E-state index in [0.717, 1.165) is 0 Å². The Balaban J connectivity index is 4.05. The summed E-state index contributed by atoms with van der Waals surface area (Å²) < 4.78 is 22.1. The molecule has 0 aliphatic rings. The number of nitrogens with two attached hydrogens (primary N) is 1. The van der Waals surface area contributed by atoms with Gasteiger partial charge in [0.05, 0.1) is 5.75 Å². The van der Waals surface area contributed by atoms with Crippen LogP contribution < -0.4 is 5.73 Å². The van der Waals surface area contributed by atoms with Crippen LogP contribution in [0.1, 0.15) is 20.8 Å². The molecule has 11 heavy (non-hydrogen) atoms. The molecule has 0 aromatic heterocycles. The SMILES string of the molecule is CCS(=O)(=O)CC(N)C(C)C. The summed E-state index contributed by atoms with van der Waals surface area (Å²) in [5.41, 5.74) is 5.60. The van der Waals surface area contributed by atoms with Crippen molar-refractivity contribution in [2.24, 2.45) is 11.7 Å². The van der Waals surface area contributed by atoms with Gasteiger partial charge in [-0.3, -0.25) is 0 Å². The van der Waals surface area contributed by atoms with Gasteiger partial charge in [-0.2, -0.15) is 0 Å². The van der Waals surface area contributed by atoms with Crippen molar-refractivity contribution in [2.45, 2.75) is 26.8 Å². The van der Waals surface area contributed by atoms with E-state index in [1.54, 1.807) is 6.92 Å². The highest BCUT2D eigenvalue weighted by atomic mass is 32.2. The van der Waals surface area contributed by atoms with Crippen molar-refractivity contribution in [2.75, 3.05) is 11.5 Å². The average Bonchev–Trinajstić information content (AvgIpc) is 1.87. The van der Waals surface area contributed by atoms with Crippen LogP contribution >= 0.6 is 0 Å². The first kappa shape index (κ1) is 10.9. The Hall–Kier alpha value is -0.0900. The van der Waals surface area contributed by atoms with Crippen LogP contribution in [-0.4, -0.2) is 26.0 Å². The summed E-state index contributed by atoms with van der Waals surface area (Å²) in [6, 6.07) is -0.222. The highest BCUT2D eigenvalue weighted by molar-refractivity contribution is 7.91. The number of sulfone groups is 1. The Morgan fingerprint density at radius 3 is 2.09 bits per heavy atom. The zero-order valence-corrected chi connectivity index (χ0v) is 8.19.